The fraction of sp³-hybridized carbons (Fsp3) is 0.917. The summed E-state index contributed by atoms with van der Waals surface area (Å²) in [7, 11) is 0. The van der Waals surface area contributed by atoms with Crippen molar-refractivity contribution in [3.05, 3.63) is 11.5 Å². The van der Waals surface area contributed by atoms with E-state index in [1.807, 2.05) is 0 Å². The van der Waals surface area contributed by atoms with Gasteiger partial charge in [-0.15, -0.1) is 0 Å². The number of aliphatic hydroxyl groups is 6. The summed E-state index contributed by atoms with van der Waals surface area (Å²) in [5, 5.41) is 57.4. The molecule has 0 aliphatic heterocycles. The minimum atomic E-state index is -1.88. The molecule has 0 bridgehead atoms. The summed E-state index contributed by atoms with van der Waals surface area (Å²) in [6, 6.07) is -0.751. The number of aliphatic hydroxyl groups excluding tert-OH is 6. The largest absolute Gasteiger partial charge is 0.506 e. The molecule has 8 nitrogen and oxygen atoms in total. The quantitative estimate of drug-likeness (QED) is 0.0729. The highest BCUT2D eigenvalue weighted by Gasteiger charge is 2.23. The maximum absolute atomic E-state index is 10.1. The van der Waals surface area contributed by atoms with Crippen molar-refractivity contribution in [2.24, 2.45) is 5.73 Å². The van der Waals surface area contributed by atoms with Crippen molar-refractivity contribution in [2.75, 3.05) is 13.2 Å². The Morgan fingerprint density at radius 2 is 1.19 bits per heavy atom. The number of nitrogens with two attached hydrogens (primary N) is 1. The van der Waals surface area contributed by atoms with Gasteiger partial charge in [-0.05, 0) is 6.42 Å². The van der Waals surface area contributed by atoms with Crippen LogP contribution >= 0.6 is 0 Å². The van der Waals surface area contributed by atoms with Crippen molar-refractivity contribution in [1.82, 2.24) is 0 Å². The van der Waals surface area contributed by atoms with Gasteiger partial charge in [-0.2, -0.15) is 0 Å². The summed E-state index contributed by atoms with van der Waals surface area (Å²) in [6.07, 6.45) is 12.4. The summed E-state index contributed by atoms with van der Waals surface area (Å²) in [6.45, 7) is 1.62. The van der Waals surface area contributed by atoms with E-state index >= 15 is 0 Å². The molecule has 0 heterocycles. The lowest BCUT2D eigenvalue weighted by molar-refractivity contribution is -0.109. The second-order valence-corrected chi connectivity index (χ2v) is 8.75. The zero-order valence-corrected chi connectivity index (χ0v) is 20.0. The van der Waals surface area contributed by atoms with Crippen LogP contribution < -0.4 is 5.73 Å². The molecule has 0 radical (unpaired) electrons. The lowest BCUT2D eigenvalue weighted by Crippen LogP contribution is -2.40. The minimum Gasteiger partial charge on any atom is -0.506 e. The molecule has 0 amide bonds. The third kappa shape index (κ3) is 15.8. The van der Waals surface area contributed by atoms with E-state index in [4.69, 9.17) is 15.6 Å². The van der Waals surface area contributed by atoms with Gasteiger partial charge >= 0.3 is 0 Å². The third-order valence-corrected chi connectivity index (χ3v) is 5.76. The van der Waals surface area contributed by atoms with Gasteiger partial charge < -0.3 is 41.1 Å². The molecule has 0 aromatic rings. The Balaban J connectivity index is 3.77. The fourth-order valence-corrected chi connectivity index (χ4v) is 3.53. The van der Waals surface area contributed by atoms with Crippen LogP contribution in [0.25, 0.3) is 0 Å². The number of unbranched alkanes of at least 4 members (excludes halogenated alkanes) is 12. The second kappa shape index (κ2) is 20.7. The first-order valence-electron chi connectivity index (χ1n) is 12.5. The molecule has 0 aliphatic rings. The Morgan fingerprint density at radius 1 is 0.719 bits per heavy atom. The molecular formula is C24H49NO7. The molecule has 0 aromatic carbocycles. The van der Waals surface area contributed by atoms with E-state index in [0.29, 0.717) is 6.42 Å². The van der Waals surface area contributed by atoms with Crippen molar-refractivity contribution >= 4 is 0 Å². The van der Waals surface area contributed by atoms with Crippen LogP contribution in [0.1, 0.15) is 103 Å². The molecule has 0 spiro atoms. The molecule has 8 heteroatoms. The predicted octanol–water partition coefficient (Wildman–Crippen LogP) is 3.56. The molecule has 4 atom stereocenters. The average molecular weight is 464 g/mol. The van der Waals surface area contributed by atoms with E-state index in [0.717, 1.165) is 19.3 Å². The maximum atomic E-state index is 10.1. The zero-order chi connectivity index (χ0) is 24.2. The lowest BCUT2D eigenvalue weighted by Gasteiger charge is -2.21. The van der Waals surface area contributed by atoms with Crippen molar-refractivity contribution in [2.45, 2.75) is 128 Å². The SMILES string of the molecule is CCCCCCCCCCCCCCCC(O)[C@@H](N)COC(O)/C(O)=C(\O)C(O)CCO. The zero-order valence-electron chi connectivity index (χ0n) is 20.0. The van der Waals surface area contributed by atoms with Gasteiger partial charge in [0.05, 0.1) is 18.8 Å². The van der Waals surface area contributed by atoms with Crippen LogP contribution in [0.15, 0.2) is 11.5 Å². The van der Waals surface area contributed by atoms with Crippen LogP contribution in [-0.2, 0) is 4.74 Å². The standard InChI is InChI=1S/C24H49NO7/c1-2-3-4-5-6-7-8-9-10-11-12-13-14-15-20(27)19(25)18-32-24(31)23(30)22(29)21(28)16-17-26/h19-21,24,26-31H,2-18,25H2,1H3/b23-22+/t19-,20?,21?,24?/m0/s1. The van der Waals surface area contributed by atoms with Gasteiger partial charge in [-0.1, -0.05) is 90.4 Å². The van der Waals surface area contributed by atoms with Gasteiger partial charge in [0.1, 0.15) is 6.10 Å². The monoisotopic (exact) mass is 463 g/mol. The van der Waals surface area contributed by atoms with Crippen LogP contribution in [-0.4, -0.2) is 68.4 Å². The van der Waals surface area contributed by atoms with Crippen LogP contribution in [0.5, 0.6) is 0 Å². The van der Waals surface area contributed by atoms with Gasteiger partial charge in [0, 0.05) is 13.0 Å². The molecular weight excluding hydrogens is 414 g/mol. The molecule has 0 aliphatic carbocycles. The first-order valence-corrected chi connectivity index (χ1v) is 12.5. The Bertz CT molecular complexity index is 462. The molecule has 8 N–H and O–H groups in total. The third-order valence-electron chi connectivity index (χ3n) is 5.76. The normalized spacial score (nSPS) is 16.4. The molecule has 32 heavy (non-hydrogen) atoms. The minimum absolute atomic E-state index is 0.194. The van der Waals surface area contributed by atoms with Crippen LogP contribution in [0.4, 0.5) is 0 Å². The van der Waals surface area contributed by atoms with E-state index in [2.05, 4.69) is 6.92 Å². The summed E-state index contributed by atoms with van der Waals surface area (Å²) < 4.78 is 4.98. The van der Waals surface area contributed by atoms with Crippen molar-refractivity contribution < 1.29 is 35.4 Å². The highest BCUT2D eigenvalue weighted by Crippen LogP contribution is 2.15. The molecule has 0 saturated heterocycles. The van der Waals surface area contributed by atoms with Crippen molar-refractivity contribution in [1.29, 1.82) is 0 Å². The summed E-state index contributed by atoms with van der Waals surface area (Å²) in [4.78, 5) is 0. The molecule has 192 valence electrons. The van der Waals surface area contributed by atoms with Gasteiger partial charge in [-0.25, -0.2) is 0 Å². The Morgan fingerprint density at radius 3 is 1.66 bits per heavy atom. The van der Waals surface area contributed by atoms with Crippen LogP contribution in [0, 0.1) is 0 Å². The first-order chi connectivity index (χ1) is 15.3. The Hall–Kier alpha value is -0.900. The number of rotatable bonds is 22. The van der Waals surface area contributed by atoms with E-state index in [1.54, 1.807) is 0 Å². The van der Waals surface area contributed by atoms with Gasteiger partial charge in [0.25, 0.3) is 0 Å². The van der Waals surface area contributed by atoms with Crippen molar-refractivity contribution in [3.8, 4) is 0 Å². The average Bonchev–Trinajstić information content (AvgIpc) is 2.79. The first kappa shape index (κ1) is 31.1. The number of hydrogen-bond acceptors (Lipinski definition) is 8. The summed E-state index contributed by atoms with van der Waals surface area (Å²) >= 11 is 0. The van der Waals surface area contributed by atoms with Crippen LogP contribution in [0.3, 0.4) is 0 Å². The highest BCUT2D eigenvalue weighted by molar-refractivity contribution is 5.06. The lowest BCUT2D eigenvalue weighted by atomic mass is 10.0. The summed E-state index contributed by atoms with van der Waals surface area (Å²) in [5.74, 6) is -1.81. The molecule has 0 rings (SSSR count). The van der Waals surface area contributed by atoms with Crippen LogP contribution in [0.2, 0.25) is 0 Å². The fourth-order valence-electron chi connectivity index (χ4n) is 3.53. The van der Waals surface area contributed by atoms with E-state index in [9.17, 15) is 25.5 Å². The Kier molecular flexibility index (Phi) is 20.1. The van der Waals surface area contributed by atoms with E-state index < -0.39 is 42.7 Å². The van der Waals surface area contributed by atoms with Gasteiger partial charge in [-0.3, -0.25) is 0 Å². The Labute approximate surface area is 194 Å². The van der Waals surface area contributed by atoms with E-state index in [-0.39, 0.29) is 13.0 Å². The predicted molar refractivity (Wildman–Crippen MR) is 126 cm³/mol. The second-order valence-electron chi connectivity index (χ2n) is 8.75. The molecule has 0 aromatic heterocycles. The molecule has 3 unspecified atom stereocenters. The number of ether oxygens (including phenoxy) is 1. The van der Waals surface area contributed by atoms with Crippen molar-refractivity contribution in [3.63, 3.8) is 0 Å². The molecule has 0 fully saturated rings. The van der Waals surface area contributed by atoms with Gasteiger partial charge in [0.15, 0.2) is 11.5 Å². The van der Waals surface area contributed by atoms with E-state index in [1.165, 1.54) is 64.2 Å². The maximum Gasteiger partial charge on any atom is 0.217 e. The summed E-state index contributed by atoms with van der Waals surface area (Å²) in [5.41, 5.74) is 5.87. The molecule has 0 saturated carbocycles. The number of hydrogen-bond donors (Lipinski definition) is 7. The highest BCUT2D eigenvalue weighted by atomic mass is 16.6. The smallest absolute Gasteiger partial charge is 0.217 e. The topological polar surface area (TPSA) is 157 Å². The van der Waals surface area contributed by atoms with Gasteiger partial charge in [0.2, 0.25) is 6.29 Å².